The molecule has 1 aromatic rings. The molecule has 0 amide bonds. The van der Waals surface area contributed by atoms with Gasteiger partial charge in [0.05, 0.1) is 0 Å². The molecule has 0 saturated heterocycles. The fraction of sp³-hybridized carbons (Fsp3) is 0.200. The fourth-order valence-electron chi connectivity index (χ4n) is 0.876. The number of hydrogen-bond acceptors (Lipinski definition) is 2. The van der Waals surface area contributed by atoms with Crippen molar-refractivity contribution in [3.63, 3.8) is 0 Å². The predicted octanol–water partition coefficient (Wildman–Crippen LogP) is 1.88. The van der Waals surface area contributed by atoms with Crippen LogP contribution in [0.1, 0.15) is 18.2 Å². The summed E-state index contributed by atoms with van der Waals surface area (Å²) >= 11 is 0. The van der Waals surface area contributed by atoms with Gasteiger partial charge in [-0.15, -0.1) is 0 Å². The van der Waals surface area contributed by atoms with Crippen molar-refractivity contribution >= 4 is 12.0 Å². The van der Waals surface area contributed by atoms with Gasteiger partial charge in [-0.25, -0.2) is 4.79 Å². The van der Waals surface area contributed by atoms with E-state index in [0.29, 0.717) is 5.57 Å². The SMILES string of the molecule is CC(=Cc1ccc(C)nc1)C(=O)O. The molecular weight excluding hydrogens is 166 g/mol. The van der Waals surface area contributed by atoms with E-state index in [9.17, 15) is 4.79 Å². The molecule has 0 aliphatic carbocycles. The maximum atomic E-state index is 10.5. The minimum atomic E-state index is -0.902. The minimum Gasteiger partial charge on any atom is -0.478 e. The number of nitrogens with zero attached hydrogens (tertiary/aromatic N) is 1. The van der Waals surface area contributed by atoms with Crippen LogP contribution in [0.4, 0.5) is 0 Å². The minimum absolute atomic E-state index is 0.311. The summed E-state index contributed by atoms with van der Waals surface area (Å²) in [7, 11) is 0. The third-order valence-corrected chi connectivity index (χ3v) is 1.65. The summed E-state index contributed by atoms with van der Waals surface area (Å²) in [5.41, 5.74) is 2.04. The van der Waals surface area contributed by atoms with E-state index in [1.807, 2.05) is 19.1 Å². The predicted molar refractivity (Wildman–Crippen MR) is 50.3 cm³/mol. The van der Waals surface area contributed by atoms with Gasteiger partial charge in [0.15, 0.2) is 0 Å². The molecule has 0 aromatic carbocycles. The molecular formula is C10H11NO2. The van der Waals surface area contributed by atoms with E-state index in [1.54, 1.807) is 19.2 Å². The molecule has 13 heavy (non-hydrogen) atoms. The second-order valence-electron chi connectivity index (χ2n) is 2.87. The summed E-state index contributed by atoms with van der Waals surface area (Å²) in [6, 6.07) is 3.69. The van der Waals surface area contributed by atoms with Gasteiger partial charge in [0.25, 0.3) is 0 Å². The van der Waals surface area contributed by atoms with Crippen molar-refractivity contribution in [2.75, 3.05) is 0 Å². The lowest BCUT2D eigenvalue weighted by molar-refractivity contribution is -0.132. The second kappa shape index (κ2) is 3.85. The first-order valence-electron chi connectivity index (χ1n) is 3.94. The quantitative estimate of drug-likeness (QED) is 0.701. The van der Waals surface area contributed by atoms with Gasteiger partial charge in [-0.2, -0.15) is 0 Å². The average Bonchev–Trinajstić information content (AvgIpc) is 2.08. The normalized spacial score (nSPS) is 11.4. The summed E-state index contributed by atoms with van der Waals surface area (Å²) in [6.07, 6.45) is 3.25. The Morgan fingerprint density at radius 1 is 1.54 bits per heavy atom. The van der Waals surface area contributed by atoms with Gasteiger partial charge in [-0.3, -0.25) is 4.98 Å². The number of carboxylic acid groups (broad SMARTS) is 1. The van der Waals surface area contributed by atoms with Gasteiger partial charge in [0, 0.05) is 17.5 Å². The molecule has 1 rings (SSSR count). The molecule has 0 atom stereocenters. The third-order valence-electron chi connectivity index (χ3n) is 1.65. The Bertz CT molecular complexity index is 338. The monoisotopic (exact) mass is 177 g/mol. The Labute approximate surface area is 76.7 Å². The zero-order chi connectivity index (χ0) is 9.84. The Morgan fingerprint density at radius 2 is 2.23 bits per heavy atom. The number of rotatable bonds is 2. The molecule has 0 unspecified atom stereocenters. The molecule has 0 aliphatic rings. The molecule has 0 aliphatic heterocycles. The summed E-state index contributed by atoms with van der Waals surface area (Å²) < 4.78 is 0. The van der Waals surface area contributed by atoms with E-state index in [-0.39, 0.29) is 0 Å². The number of hydrogen-bond donors (Lipinski definition) is 1. The van der Waals surface area contributed by atoms with Crippen LogP contribution < -0.4 is 0 Å². The van der Waals surface area contributed by atoms with Crippen LogP contribution in [0, 0.1) is 6.92 Å². The first-order valence-corrected chi connectivity index (χ1v) is 3.94. The largest absolute Gasteiger partial charge is 0.478 e. The maximum Gasteiger partial charge on any atom is 0.331 e. The summed E-state index contributed by atoms with van der Waals surface area (Å²) in [5, 5.41) is 8.61. The average molecular weight is 177 g/mol. The van der Waals surface area contributed by atoms with Crippen LogP contribution >= 0.6 is 0 Å². The first-order chi connectivity index (χ1) is 6.09. The molecule has 0 saturated carbocycles. The highest BCUT2D eigenvalue weighted by Crippen LogP contribution is 2.05. The highest BCUT2D eigenvalue weighted by Gasteiger charge is 1.99. The molecule has 68 valence electrons. The smallest absolute Gasteiger partial charge is 0.331 e. The molecule has 3 nitrogen and oxygen atoms in total. The maximum absolute atomic E-state index is 10.5. The van der Waals surface area contributed by atoms with Gasteiger partial charge in [-0.1, -0.05) is 6.07 Å². The lowest BCUT2D eigenvalue weighted by Crippen LogP contribution is -1.95. The van der Waals surface area contributed by atoms with Crippen molar-refractivity contribution < 1.29 is 9.90 Å². The molecule has 3 heteroatoms. The number of carboxylic acids is 1. The Balaban J connectivity index is 2.92. The lowest BCUT2D eigenvalue weighted by atomic mass is 10.2. The molecule has 0 spiro atoms. The standard InChI is InChI=1S/C10H11NO2/c1-7(10(12)13)5-9-4-3-8(2)11-6-9/h3-6H,1-2H3,(H,12,13). The number of aromatic nitrogens is 1. The molecule has 0 fully saturated rings. The molecule has 1 aromatic heterocycles. The second-order valence-corrected chi connectivity index (χ2v) is 2.87. The number of aliphatic carboxylic acids is 1. The van der Waals surface area contributed by atoms with E-state index in [2.05, 4.69) is 4.98 Å². The molecule has 1 N–H and O–H groups in total. The first kappa shape index (κ1) is 9.45. The Morgan fingerprint density at radius 3 is 2.69 bits per heavy atom. The van der Waals surface area contributed by atoms with Crippen molar-refractivity contribution in [2.24, 2.45) is 0 Å². The highest BCUT2D eigenvalue weighted by molar-refractivity contribution is 5.91. The number of aryl methyl sites for hydroxylation is 1. The van der Waals surface area contributed by atoms with Crippen LogP contribution in [0.5, 0.6) is 0 Å². The van der Waals surface area contributed by atoms with Gasteiger partial charge in [0.2, 0.25) is 0 Å². The third kappa shape index (κ3) is 2.71. The van der Waals surface area contributed by atoms with Crippen LogP contribution in [0.25, 0.3) is 6.08 Å². The summed E-state index contributed by atoms with van der Waals surface area (Å²) in [5.74, 6) is -0.902. The fourth-order valence-corrected chi connectivity index (χ4v) is 0.876. The molecule has 0 bridgehead atoms. The van der Waals surface area contributed by atoms with Crippen LogP contribution in [0.2, 0.25) is 0 Å². The van der Waals surface area contributed by atoms with Gasteiger partial charge < -0.3 is 5.11 Å². The molecule has 1 heterocycles. The topological polar surface area (TPSA) is 50.2 Å². The van der Waals surface area contributed by atoms with E-state index in [4.69, 9.17) is 5.11 Å². The highest BCUT2D eigenvalue weighted by atomic mass is 16.4. The summed E-state index contributed by atoms with van der Waals surface area (Å²) in [4.78, 5) is 14.5. The lowest BCUT2D eigenvalue weighted by Gasteiger charge is -1.95. The van der Waals surface area contributed by atoms with Gasteiger partial charge in [0.1, 0.15) is 0 Å². The van der Waals surface area contributed by atoms with E-state index < -0.39 is 5.97 Å². The van der Waals surface area contributed by atoms with E-state index >= 15 is 0 Å². The summed E-state index contributed by atoms with van der Waals surface area (Å²) in [6.45, 7) is 3.44. The van der Waals surface area contributed by atoms with Crippen molar-refractivity contribution in [1.82, 2.24) is 4.98 Å². The van der Waals surface area contributed by atoms with Crippen LogP contribution in [0.3, 0.4) is 0 Å². The van der Waals surface area contributed by atoms with Crippen molar-refractivity contribution in [2.45, 2.75) is 13.8 Å². The Kier molecular flexibility index (Phi) is 2.80. The van der Waals surface area contributed by atoms with Crippen molar-refractivity contribution in [3.8, 4) is 0 Å². The number of carbonyl (C=O) groups is 1. The van der Waals surface area contributed by atoms with Crippen LogP contribution in [0.15, 0.2) is 23.9 Å². The zero-order valence-electron chi connectivity index (χ0n) is 7.61. The number of pyridine rings is 1. The zero-order valence-corrected chi connectivity index (χ0v) is 7.61. The van der Waals surface area contributed by atoms with Crippen molar-refractivity contribution in [3.05, 3.63) is 35.2 Å². The van der Waals surface area contributed by atoms with Crippen molar-refractivity contribution in [1.29, 1.82) is 0 Å². The van der Waals surface area contributed by atoms with E-state index in [1.165, 1.54) is 0 Å². The van der Waals surface area contributed by atoms with Gasteiger partial charge in [-0.05, 0) is 31.6 Å². The molecule has 0 radical (unpaired) electrons. The van der Waals surface area contributed by atoms with Crippen LogP contribution in [-0.2, 0) is 4.79 Å². The van der Waals surface area contributed by atoms with Gasteiger partial charge >= 0.3 is 5.97 Å². The van der Waals surface area contributed by atoms with Crippen LogP contribution in [-0.4, -0.2) is 16.1 Å². The van der Waals surface area contributed by atoms with E-state index in [0.717, 1.165) is 11.3 Å². The Hall–Kier alpha value is -1.64.